The maximum Gasteiger partial charge on any atom is 0.265 e. The van der Waals surface area contributed by atoms with Crippen LogP contribution in [0.3, 0.4) is 0 Å². The van der Waals surface area contributed by atoms with E-state index in [-0.39, 0.29) is 31.3 Å². The number of hydrogen-bond acceptors (Lipinski definition) is 4. The zero-order valence-corrected chi connectivity index (χ0v) is 24.9. The highest BCUT2D eigenvalue weighted by Gasteiger charge is 2.36. The number of carbonyl (C=O) groups excluding carboxylic acids is 2. The van der Waals surface area contributed by atoms with Gasteiger partial charge in [-0.15, -0.1) is 0 Å². The minimum absolute atomic E-state index is 0.108. The van der Waals surface area contributed by atoms with Crippen molar-refractivity contribution in [3.05, 3.63) is 108 Å². The molecule has 0 unspecified atom stereocenters. The van der Waals surface area contributed by atoms with Crippen LogP contribution in [0.2, 0.25) is 0 Å². The molecule has 0 saturated carbocycles. The minimum atomic E-state index is -3.71. The van der Waals surface area contributed by atoms with Gasteiger partial charge in [0.15, 0.2) is 0 Å². The standard InChI is InChI=1S/C34H37N3O4S/c1-3-21-35-34(39)30(23-26-13-5-4-6-14-26)36(24-28-15-8-7-12-25(28)2)32(38)20-11-22-37-29-18-9-16-27-17-10-19-31(33(27)29)42(37,40)41/h4-10,12-19,30H,3,11,20-24H2,1-2H3,(H,35,39)/t30-/m1/s1. The molecule has 0 saturated heterocycles. The second kappa shape index (κ2) is 12.8. The van der Waals surface area contributed by atoms with E-state index in [1.165, 1.54) is 4.31 Å². The van der Waals surface area contributed by atoms with E-state index in [2.05, 4.69) is 5.32 Å². The summed E-state index contributed by atoms with van der Waals surface area (Å²) in [6, 6.07) is 27.8. The molecule has 0 aromatic heterocycles. The average Bonchev–Trinajstić information content (AvgIpc) is 3.22. The fourth-order valence-corrected chi connectivity index (χ4v) is 7.36. The van der Waals surface area contributed by atoms with Gasteiger partial charge in [-0.1, -0.05) is 85.8 Å². The molecule has 4 aromatic rings. The molecule has 4 aromatic carbocycles. The quantitative estimate of drug-likeness (QED) is 0.235. The number of nitrogens with one attached hydrogen (secondary N) is 1. The fraction of sp³-hybridized carbons (Fsp3) is 0.294. The highest BCUT2D eigenvalue weighted by molar-refractivity contribution is 7.93. The largest absolute Gasteiger partial charge is 0.354 e. The van der Waals surface area contributed by atoms with Crippen molar-refractivity contribution in [1.82, 2.24) is 10.2 Å². The maximum atomic E-state index is 14.0. The van der Waals surface area contributed by atoms with Gasteiger partial charge in [-0.25, -0.2) is 8.42 Å². The second-order valence-corrected chi connectivity index (χ2v) is 12.6. The lowest BCUT2D eigenvalue weighted by Crippen LogP contribution is -2.50. The molecule has 0 fully saturated rings. The lowest BCUT2D eigenvalue weighted by Gasteiger charge is -2.32. The van der Waals surface area contributed by atoms with E-state index >= 15 is 0 Å². The third kappa shape index (κ3) is 6.04. The van der Waals surface area contributed by atoms with Gasteiger partial charge in [-0.3, -0.25) is 13.9 Å². The molecule has 218 valence electrons. The SMILES string of the molecule is CCCNC(=O)[C@@H](Cc1ccccc1)N(Cc1ccccc1C)C(=O)CCCN1c2cccc3cccc(c23)S1(=O)=O. The van der Waals surface area contributed by atoms with Gasteiger partial charge in [0, 0.05) is 37.9 Å². The molecule has 7 nitrogen and oxygen atoms in total. The molecule has 1 aliphatic heterocycles. The molecule has 2 amide bonds. The number of benzene rings is 4. The summed E-state index contributed by atoms with van der Waals surface area (Å²) in [4.78, 5) is 29.5. The van der Waals surface area contributed by atoms with Crippen LogP contribution in [0.25, 0.3) is 10.8 Å². The lowest BCUT2D eigenvalue weighted by molar-refractivity contribution is -0.141. The van der Waals surface area contributed by atoms with Crippen LogP contribution in [0.1, 0.15) is 42.9 Å². The Bertz CT molecular complexity index is 1680. The first kappa shape index (κ1) is 29.3. The van der Waals surface area contributed by atoms with Crippen molar-refractivity contribution in [1.29, 1.82) is 0 Å². The van der Waals surface area contributed by atoms with E-state index < -0.39 is 16.1 Å². The first-order valence-corrected chi connectivity index (χ1v) is 16.0. The summed E-state index contributed by atoms with van der Waals surface area (Å²) in [6.07, 6.45) is 1.60. The molecule has 1 atom stereocenters. The van der Waals surface area contributed by atoms with Crippen LogP contribution in [0.4, 0.5) is 5.69 Å². The highest BCUT2D eigenvalue weighted by atomic mass is 32.2. The van der Waals surface area contributed by atoms with Gasteiger partial charge < -0.3 is 10.2 Å². The van der Waals surface area contributed by atoms with Gasteiger partial charge >= 0.3 is 0 Å². The molecule has 0 bridgehead atoms. The molecular formula is C34H37N3O4S. The molecule has 42 heavy (non-hydrogen) atoms. The zero-order valence-electron chi connectivity index (χ0n) is 24.1. The Balaban J connectivity index is 1.39. The Morgan fingerprint density at radius 3 is 2.36 bits per heavy atom. The number of carbonyl (C=O) groups is 2. The summed E-state index contributed by atoms with van der Waals surface area (Å²) in [5, 5.41) is 4.60. The van der Waals surface area contributed by atoms with Gasteiger partial charge in [0.1, 0.15) is 6.04 Å². The Morgan fingerprint density at radius 2 is 1.62 bits per heavy atom. The minimum Gasteiger partial charge on any atom is -0.354 e. The van der Waals surface area contributed by atoms with Gasteiger partial charge in [-0.2, -0.15) is 0 Å². The van der Waals surface area contributed by atoms with Crippen LogP contribution in [0.15, 0.2) is 95.9 Å². The van der Waals surface area contributed by atoms with Crippen molar-refractivity contribution < 1.29 is 18.0 Å². The number of nitrogens with zero attached hydrogens (tertiary/aromatic N) is 2. The number of aryl methyl sites for hydroxylation is 1. The van der Waals surface area contributed by atoms with Crippen LogP contribution in [-0.4, -0.2) is 44.3 Å². The topological polar surface area (TPSA) is 86.8 Å². The van der Waals surface area contributed by atoms with Gasteiger partial charge in [0.2, 0.25) is 11.8 Å². The van der Waals surface area contributed by atoms with E-state index in [1.54, 1.807) is 17.0 Å². The fourth-order valence-electron chi connectivity index (χ4n) is 5.61. The predicted octanol–water partition coefficient (Wildman–Crippen LogP) is 5.60. The van der Waals surface area contributed by atoms with Crippen molar-refractivity contribution in [2.24, 2.45) is 0 Å². The normalized spacial score (nSPS) is 14.1. The second-order valence-electron chi connectivity index (χ2n) is 10.8. The number of sulfonamides is 1. The third-order valence-corrected chi connectivity index (χ3v) is 9.71. The highest BCUT2D eigenvalue weighted by Crippen LogP contribution is 2.42. The molecule has 1 N–H and O–H groups in total. The summed E-state index contributed by atoms with van der Waals surface area (Å²) in [5.41, 5.74) is 3.62. The van der Waals surface area contributed by atoms with Gasteiger partial charge in [0.25, 0.3) is 10.0 Å². The van der Waals surface area contributed by atoms with E-state index in [1.807, 2.05) is 92.7 Å². The third-order valence-electron chi connectivity index (χ3n) is 7.86. The average molecular weight is 584 g/mol. The van der Waals surface area contributed by atoms with Crippen LogP contribution in [0.5, 0.6) is 0 Å². The van der Waals surface area contributed by atoms with Crippen molar-refractivity contribution in [2.45, 2.75) is 57.0 Å². The van der Waals surface area contributed by atoms with Crippen molar-refractivity contribution in [3.63, 3.8) is 0 Å². The molecule has 0 aliphatic carbocycles. The molecular weight excluding hydrogens is 546 g/mol. The van der Waals surface area contributed by atoms with Crippen molar-refractivity contribution in [2.75, 3.05) is 17.4 Å². The number of rotatable bonds is 12. The number of amides is 2. The number of anilines is 1. The summed E-state index contributed by atoms with van der Waals surface area (Å²) >= 11 is 0. The first-order valence-electron chi connectivity index (χ1n) is 14.5. The molecule has 8 heteroatoms. The van der Waals surface area contributed by atoms with E-state index in [9.17, 15) is 18.0 Å². The van der Waals surface area contributed by atoms with Crippen LogP contribution < -0.4 is 9.62 Å². The molecule has 1 aliphatic rings. The monoisotopic (exact) mass is 583 g/mol. The smallest absolute Gasteiger partial charge is 0.265 e. The van der Waals surface area contributed by atoms with Crippen LogP contribution >= 0.6 is 0 Å². The predicted molar refractivity (Wildman–Crippen MR) is 167 cm³/mol. The van der Waals surface area contributed by atoms with Crippen LogP contribution in [0, 0.1) is 6.92 Å². The maximum absolute atomic E-state index is 14.0. The van der Waals surface area contributed by atoms with Crippen molar-refractivity contribution >= 4 is 38.3 Å². The number of hydrogen-bond donors (Lipinski definition) is 1. The Labute approximate surface area is 248 Å². The summed E-state index contributed by atoms with van der Waals surface area (Å²) in [6.45, 7) is 4.97. The van der Waals surface area contributed by atoms with E-state index in [4.69, 9.17) is 0 Å². The summed E-state index contributed by atoms with van der Waals surface area (Å²) < 4.78 is 28.3. The van der Waals surface area contributed by atoms with Crippen LogP contribution in [-0.2, 0) is 32.6 Å². The van der Waals surface area contributed by atoms with Gasteiger partial charge in [-0.05, 0) is 54.0 Å². The first-order chi connectivity index (χ1) is 20.3. The van der Waals surface area contributed by atoms with Crippen molar-refractivity contribution in [3.8, 4) is 0 Å². The summed E-state index contributed by atoms with van der Waals surface area (Å²) in [7, 11) is -3.71. The lowest BCUT2D eigenvalue weighted by atomic mass is 10.0. The summed E-state index contributed by atoms with van der Waals surface area (Å²) in [5.74, 6) is -0.370. The Kier molecular flexibility index (Phi) is 8.92. The molecule has 1 heterocycles. The zero-order chi connectivity index (χ0) is 29.7. The Morgan fingerprint density at radius 1 is 0.905 bits per heavy atom. The Hall–Kier alpha value is -4.17. The van der Waals surface area contributed by atoms with Gasteiger partial charge in [0.05, 0.1) is 10.6 Å². The molecule has 0 radical (unpaired) electrons. The van der Waals surface area contributed by atoms with E-state index in [0.717, 1.165) is 33.9 Å². The molecule has 5 rings (SSSR count). The van der Waals surface area contributed by atoms with E-state index in [0.29, 0.717) is 30.0 Å². The molecule has 0 spiro atoms.